The van der Waals surface area contributed by atoms with Crippen LogP contribution < -0.4 is 0 Å². The Balaban J connectivity index is 0.000000230. The fraction of sp³-hybridized carbons (Fsp3) is 0.227. The van der Waals surface area contributed by atoms with Gasteiger partial charge in [-0.15, -0.1) is 14.7 Å². The number of carbonyl (C=O) groups is 2. The van der Waals surface area contributed by atoms with Crippen LogP contribution in [-0.2, 0) is 65.9 Å². The fourth-order valence-electron chi connectivity index (χ4n) is 5.81. The van der Waals surface area contributed by atoms with Gasteiger partial charge < -0.3 is 0 Å². The molecule has 370 valence electrons. The van der Waals surface area contributed by atoms with E-state index in [0.29, 0.717) is 6.20 Å². The summed E-state index contributed by atoms with van der Waals surface area (Å²) >= 11 is 2.95. The third-order valence-electron chi connectivity index (χ3n) is 9.93. The quantitative estimate of drug-likeness (QED) is 0.0668. The van der Waals surface area contributed by atoms with Crippen LogP contribution in [0.1, 0.15) is 49.9 Å². The molecule has 4 aromatic carbocycles. The zero-order valence-corrected chi connectivity index (χ0v) is 39.6. The Labute approximate surface area is 401 Å². The second-order valence-corrected chi connectivity index (χ2v) is 20.0. The lowest BCUT2D eigenvalue weighted by atomic mass is 9.93. The number of aromatic nitrogens is 4. The number of hydrogen-bond acceptors (Lipinski definition) is 8. The average molecular weight is 1090 g/mol. The molecule has 0 radical (unpaired) electrons. The Morgan fingerprint density at radius 1 is 0.614 bits per heavy atom. The van der Waals surface area contributed by atoms with E-state index in [4.69, 9.17) is 13.1 Å². The second kappa shape index (κ2) is 21.5. The first-order chi connectivity index (χ1) is 32.3. The molecule has 70 heavy (non-hydrogen) atoms. The van der Waals surface area contributed by atoms with E-state index in [2.05, 4.69) is 35.8 Å². The zero-order valence-electron chi connectivity index (χ0n) is 36.4. The summed E-state index contributed by atoms with van der Waals surface area (Å²) in [4.78, 5) is 29.7. The molecule has 0 aliphatic heterocycles. The smallest absolute Gasteiger partial charge is 0.297 e. The lowest BCUT2D eigenvalue weighted by Crippen LogP contribution is -2.37. The van der Waals surface area contributed by atoms with E-state index in [0.717, 1.165) is 57.9 Å². The Morgan fingerprint density at radius 2 is 0.971 bits per heavy atom. The number of rotatable bonds is 12. The van der Waals surface area contributed by atoms with E-state index < -0.39 is 115 Å². The first-order valence-corrected chi connectivity index (χ1v) is 23.1. The molecular formula is C44H34BrF10N7O6S2. The first kappa shape index (κ1) is 55.9. The van der Waals surface area contributed by atoms with Crippen molar-refractivity contribution in [2.45, 2.75) is 73.8 Å². The normalized spacial score (nSPS) is 12.2. The molecule has 26 heteroatoms. The fourth-order valence-corrected chi connectivity index (χ4v) is 8.97. The number of ketones is 2. The molecule has 0 amide bonds. The van der Waals surface area contributed by atoms with Crippen molar-refractivity contribution < 1.29 is 70.4 Å². The van der Waals surface area contributed by atoms with Gasteiger partial charge in [0, 0.05) is 19.0 Å². The Kier molecular flexibility index (Phi) is 17.2. The third kappa shape index (κ3) is 12.9. The first-order valence-electron chi connectivity index (χ1n) is 19.4. The highest BCUT2D eigenvalue weighted by atomic mass is 79.9. The van der Waals surface area contributed by atoms with Crippen LogP contribution in [0.3, 0.4) is 0 Å². The van der Waals surface area contributed by atoms with Gasteiger partial charge in [0.2, 0.25) is 5.95 Å². The molecule has 0 fully saturated rings. The highest BCUT2D eigenvalue weighted by molar-refractivity contribution is 9.10. The summed E-state index contributed by atoms with van der Waals surface area (Å²) in [6.45, 7) is 19.3. The molecule has 0 saturated heterocycles. The number of benzene rings is 4. The van der Waals surface area contributed by atoms with Gasteiger partial charge in [0.05, 0.1) is 48.7 Å². The topological polar surface area (TPSA) is 150 Å². The molecule has 0 unspecified atom stereocenters. The van der Waals surface area contributed by atoms with Crippen molar-refractivity contribution in [2.75, 3.05) is 0 Å². The predicted molar refractivity (Wildman–Crippen MR) is 234 cm³/mol. The number of carbonyl (C=O) groups excluding carboxylic acids is 2. The Morgan fingerprint density at radius 3 is 1.27 bits per heavy atom. The molecule has 0 N–H and O–H groups in total. The largest absolute Gasteiger partial charge is 0.407 e. The van der Waals surface area contributed by atoms with Crippen molar-refractivity contribution in [1.29, 1.82) is 0 Å². The number of hydrogen-bond donors (Lipinski definition) is 0. The monoisotopic (exact) mass is 1090 g/mol. The summed E-state index contributed by atoms with van der Waals surface area (Å²) in [5, 5.41) is 6.85. The highest BCUT2D eigenvalue weighted by Crippen LogP contribution is 2.39. The molecule has 0 aliphatic rings. The SMILES string of the molecule is O=S(=O)(c1ccccc1)N(F)S(=O)(=O)c1ccccc1.[C-]#[N+]c1ccc(CC(=O)C(C)(C)n2cc(Br)c(F)n2)cc1C(F)(F)F.[C-]#[N+]c1ccc(CC(=O)C(C)(C)n2cc(F)c(F)n2)cc1C(F)(F)F. The van der Waals surface area contributed by atoms with E-state index in [9.17, 15) is 70.4 Å². The third-order valence-corrected chi connectivity index (χ3v) is 14.1. The number of sulfonamides is 2. The maximum Gasteiger partial charge on any atom is 0.407 e. The second-order valence-electron chi connectivity index (χ2n) is 15.5. The van der Waals surface area contributed by atoms with Crippen LogP contribution in [0, 0.1) is 30.9 Å². The maximum atomic E-state index is 14.0. The summed E-state index contributed by atoms with van der Waals surface area (Å²) in [6, 6.07) is 19.1. The molecule has 0 spiro atoms. The Bertz CT molecular complexity index is 2950. The van der Waals surface area contributed by atoms with Crippen molar-refractivity contribution in [3.05, 3.63) is 177 Å². The minimum absolute atomic E-state index is 0.0332. The van der Waals surface area contributed by atoms with Crippen LogP contribution in [0.25, 0.3) is 9.69 Å². The molecular weight excluding hydrogens is 1060 g/mol. The molecule has 2 heterocycles. The number of halogens is 11. The van der Waals surface area contributed by atoms with Gasteiger partial charge in [-0.05, 0) is 79.0 Å². The molecule has 0 aliphatic carbocycles. The number of Topliss-reactive ketones (excluding diaryl/α,β-unsaturated/α-hetero) is 2. The molecule has 6 rings (SSSR count). The van der Waals surface area contributed by atoms with Gasteiger partial charge in [-0.2, -0.15) is 35.1 Å². The molecule has 2 aromatic heterocycles. The van der Waals surface area contributed by atoms with Gasteiger partial charge in [-0.25, -0.2) is 30.9 Å². The van der Waals surface area contributed by atoms with E-state index >= 15 is 0 Å². The van der Waals surface area contributed by atoms with Crippen molar-refractivity contribution in [3.8, 4) is 0 Å². The molecule has 13 nitrogen and oxygen atoms in total. The van der Waals surface area contributed by atoms with Gasteiger partial charge in [0.15, 0.2) is 28.8 Å². The van der Waals surface area contributed by atoms with Crippen molar-refractivity contribution in [1.82, 2.24) is 23.5 Å². The summed E-state index contributed by atoms with van der Waals surface area (Å²) in [5.74, 6) is -4.45. The van der Waals surface area contributed by atoms with Crippen LogP contribution in [0.2, 0.25) is 0 Å². The van der Waals surface area contributed by atoms with E-state index in [1.165, 1.54) is 82.4 Å². The van der Waals surface area contributed by atoms with Crippen molar-refractivity contribution >= 4 is 58.9 Å². The van der Waals surface area contributed by atoms with Crippen LogP contribution in [0.15, 0.2) is 124 Å². The summed E-state index contributed by atoms with van der Waals surface area (Å²) < 4.78 is 180. The predicted octanol–water partition coefficient (Wildman–Crippen LogP) is 11.1. The van der Waals surface area contributed by atoms with Crippen molar-refractivity contribution in [3.63, 3.8) is 0 Å². The van der Waals surface area contributed by atoms with Crippen LogP contribution in [0.4, 0.5) is 55.4 Å². The van der Waals surface area contributed by atoms with Gasteiger partial charge in [-0.3, -0.25) is 19.0 Å². The zero-order chi connectivity index (χ0) is 52.8. The number of alkyl halides is 6. The van der Waals surface area contributed by atoms with Gasteiger partial charge in [-0.1, -0.05) is 72.8 Å². The van der Waals surface area contributed by atoms with E-state index in [1.807, 2.05) is 0 Å². The van der Waals surface area contributed by atoms with Crippen molar-refractivity contribution in [2.24, 2.45) is 0 Å². The standard InChI is InChI=1S/C16H12BrF4N3O.C16H12F5N3O.C12H10FNO4S2/c2*1-15(2,24-8-11(17)14(18)23-24)13(25)7-9-4-5-12(22-3)10(6-9)16(19,20)21;13-14(19(15,16)11-7-3-1-4-8-11)20(17,18)12-9-5-2-6-10-12/h2*4-6,8H,7H2,1-2H3;1-10H. The molecule has 6 aromatic rings. The van der Waals surface area contributed by atoms with Crippen LogP contribution >= 0.6 is 15.9 Å². The van der Waals surface area contributed by atoms with Crippen LogP contribution in [-0.4, -0.2) is 51.9 Å². The van der Waals surface area contributed by atoms with Crippen LogP contribution in [0.5, 0.6) is 0 Å². The van der Waals surface area contributed by atoms with Gasteiger partial charge in [0.1, 0.15) is 11.1 Å². The molecule has 0 saturated carbocycles. The summed E-state index contributed by atoms with van der Waals surface area (Å²) in [7, 11) is -9.53. The minimum Gasteiger partial charge on any atom is -0.297 e. The maximum absolute atomic E-state index is 14.0. The van der Waals surface area contributed by atoms with Gasteiger partial charge >= 0.3 is 12.4 Å². The lowest BCUT2D eigenvalue weighted by Gasteiger charge is -2.24. The summed E-state index contributed by atoms with van der Waals surface area (Å²) in [5.41, 5.74) is -5.90. The van der Waals surface area contributed by atoms with Gasteiger partial charge in [0.25, 0.3) is 26.0 Å². The lowest BCUT2D eigenvalue weighted by molar-refractivity contribution is -0.137. The molecule has 0 atom stereocenters. The highest BCUT2D eigenvalue weighted by Gasteiger charge is 2.39. The van der Waals surface area contributed by atoms with E-state index in [-0.39, 0.29) is 22.0 Å². The minimum atomic E-state index is -4.77. The molecule has 0 bridgehead atoms. The average Bonchev–Trinajstić information content (AvgIpc) is 3.85. The Hall–Kier alpha value is -6.74. The van der Waals surface area contributed by atoms with E-state index in [1.54, 1.807) is 0 Å². The summed E-state index contributed by atoms with van der Waals surface area (Å²) in [6.07, 6.45) is -8.16. The number of nitrogens with zero attached hydrogens (tertiary/aromatic N) is 7.